The molecule has 0 saturated heterocycles. The molecule has 94 valence electrons. The van der Waals surface area contributed by atoms with E-state index in [4.69, 9.17) is 0 Å². The molecule has 2 heterocycles. The van der Waals surface area contributed by atoms with Crippen molar-refractivity contribution in [3.63, 3.8) is 0 Å². The minimum atomic E-state index is -0.215. The number of rotatable bonds is 4. The molecular formula is C13H16N4O. The summed E-state index contributed by atoms with van der Waals surface area (Å²) in [6.07, 6.45) is 2.57. The zero-order chi connectivity index (χ0) is 13.0. The highest BCUT2D eigenvalue weighted by Crippen LogP contribution is 2.12. The Hall–Kier alpha value is -2.17. The van der Waals surface area contributed by atoms with Crippen molar-refractivity contribution < 1.29 is 4.79 Å². The van der Waals surface area contributed by atoms with Crippen molar-refractivity contribution >= 4 is 11.7 Å². The van der Waals surface area contributed by atoms with Crippen molar-refractivity contribution in [2.24, 2.45) is 0 Å². The molecule has 0 aliphatic rings. The van der Waals surface area contributed by atoms with E-state index in [1.807, 2.05) is 13.0 Å². The van der Waals surface area contributed by atoms with Crippen LogP contribution in [-0.2, 0) is 6.54 Å². The summed E-state index contributed by atoms with van der Waals surface area (Å²) in [4.78, 5) is 16.0. The van der Waals surface area contributed by atoms with E-state index >= 15 is 0 Å². The summed E-state index contributed by atoms with van der Waals surface area (Å²) in [5.74, 6) is 0.498. The lowest BCUT2D eigenvalue weighted by molar-refractivity contribution is 0.102. The van der Waals surface area contributed by atoms with E-state index in [0.717, 1.165) is 18.7 Å². The molecule has 0 spiro atoms. The predicted molar refractivity (Wildman–Crippen MR) is 69.4 cm³/mol. The van der Waals surface area contributed by atoms with Gasteiger partial charge in [-0.25, -0.2) is 4.68 Å². The maximum atomic E-state index is 12.0. The second-order valence-electron chi connectivity index (χ2n) is 4.06. The van der Waals surface area contributed by atoms with Gasteiger partial charge in [0.25, 0.3) is 5.91 Å². The number of aromatic nitrogens is 3. The van der Waals surface area contributed by atoms with E-state index in [2.05, 4.69) is 22.3 Å². The quantitative estimate of drug-likeness (QED) is 0.897. The van der Waals surface area contributed by atoms with Gasteiger partial charge in [-0.2, -0.15) is 5.10 Å². The van der Waals surface area contributed by atoms with Gasteiger partial charge in [0, 0.05) is 18.8 Å². The fourth-order valence-electron chi connectivity index (χ4n) is 1.71. The number of amides is 1. The molecule has 0 aromatic carbocycles. The number of nitrogens with zero attached hydrogens (tertiary/aromatic N) is 3. The second kappa shape index (κ2) is 5.44. The van der Waals surface area contributed by atoms with Crippen LogP contribution in [0.2, 0.25) is 0 Å². The van der Waals surface area contributed by atoms with Crippen LogP contribution >= 0.6 is 0 Å². The third-order valence-electron chi connectivity index (χ3n) is 2.48. The van der Waals surface area contributed by atoms with Crippen molar-refractivity contribution in [1.82, 2.24) is 14.8 Å². The average molecular weight is 244 g/mol. The van der Waals surface area contributed by atoms with Crippen LogP contribution in [0, 0.1) is 6.92 Å². The first-order valence-corrected chi connectivity index (χ1v) is 5.97. The Kier molecular flexibility index (Phi) is 3.72. The number of pyridine rings is 1. The summed E-state index contributed by atoms with van der Waals surface area (Å²) in [6, 6.07) is 7.11. The molecular weight excluding hydrogens is 228 g/mol. The van der Waals surface area contributed by atoms with Crippen LogP contribution in [0.15, 0.2) is 30.5 Å². The minimum absolute atomic E-state index is 0.215. The lowest BCUT2D eigenvalue weighted by Gasteiger charge is -2.07. The van der Waals surface area contributed by atoms with Gasteiger partial charge in [-0.05, 0) is 25.5 Å². The first-order valence-electron chi connectivity index (χ1n) is 5.97. The maximum Gasteiger partial charge on any atom is 0.275 e. The number of aryl methyl sites for hydroxylation is 2. The van der Waals surface area contributed by atoms with Crippen molar-refractivity contribution in [2.45, 2.75) is 26.8 Å². The normalized spacial score (nSPS) is 10.3. The van der Waals surface area contributed by atoms with Crippen molar-refractivity contribution in [1.29, 1.82) is 0 Å². The highest BCUT2D eigenvalue weighted by Gasteiger charge is 2.11. The number of carbonyl (C=O) groups excluding carboxylic acids is 1. The third kappa shape index (κ3) is 2.74. The molecule has 0 radical (unpaired) electrons. The molecule has 0 aliphatic carbocycles. The molecule has 2 aromatic rings. The number of nitrogens with one attached hydrogen (secondary N) is 1. The van der Waals surface area contributed by atoms with Crippen LogP contribution in [0.4, 0.5) is 5.82 Å². The molecule has 1 amide bonds. The van der Waals surface area contributed by atoms with Gasteiger partial charge >= 0.3 is 0 Å². The predicted octanol–water partition coefficient (Wildman–Crippen LogP) is 2.25. The van der Waals surface area contributed by atoms with Gasteiger partial charge in [-0.1, -0.05) is 13.0 Å². The van der Waals surface area contributed by atoms with Crippen LogP contribution in [-0.4, -0.2) is 20.7 Å². The summed E-state index contributed by atoms with van der Waals surface area (Å²) in [5, 5.41) is 7.16. The van der Waals surface area contributed by atoms with Gasteiger partial charge in [0.1, 0.15) is 11.5 Å². The molecule has 2 rings (SSSR count). The topological polar surface area (TPSA) is 59.8 Å². The van der Waals surface area contributed by atoms with E-state index in [0.29, 0.717) is 11.5 Å². The summed E-state index contributed by atoms with van der Waals surface area (Å²) >= 11 is 0. The summed E-state index contributed by atoms with van der Waals surface area (Å²) < 4.78 is 1.80. The average Bonchev–Trinajstić information content (AvgIpc) is 2.71. The van der Waals surface area contributed by atoms with E-state index < -0.39 is 0 Å². The smallest absolute Gasteiger partial charge is 0.275 e. The van der Waals surface area contributed by atoms with Crippen molar-refractivity contribution in [3.05, 3.63) is 41.9 Å². The molecule has 1 N–H and O–H groups in total. The number of carbonyl (C=O) groups is 1. The van der Waals surface area contributed by atoms with Gasteiger partial charge in [0.05, 0.1) is 5.69 Å². The number of anilines is 1. The molecule has 0 unspecified atom stereocenters. The van der Waals surface area contributed by atoms with Gasteiger partial charge in [-0.3, -0.25) is 9.78 Å². The Bertz CT molecular complexity index is 533. The summed E-state index contributed by atoms with van der Waals surface area (Å²) in [6.45, 7) is 4.76. The van der Waals surface area contributed by atoms with Crippen molar-refractivity contribution in [2.75, 3.05) is 5.32 Å². The fraction of sp³-hybridized carbons (Fsp3) is 0.308. The summed E-state index contributed by atoms with van der Waals surface area (Å²) in [7, 11) is 0. The molecule has 0 aliphatic heterocycles. The lowest BCUT2D eigenvalue weighted by atomic mass is 10.3. The molecule has 0 fully saturated rings. The van der Waals surface area contributed by atoms with E-state index in [9.17, 15) is 4.79 Å². The zero-order valence-electron chi connectivity index (χ0n) is 10.6. The SMILES string of the molecule is CCCn1nc(C)cc1NC(=O)c1ccccn1. The largest absolute Gasteiger partial charge is 0.305 e. The third-order valence-corrected chi connectivity index (χ3v) is 2.48. The highest BCUT2D eigenvalue weighted by atomic mass is 16.2. The van der Waals surface area contributed by atoms with Crippen LogP contribution in [0.25, 0.3) is 0 Å². The first-order chi connectivity index (χ1) is 8.70. The molecule has 0 atom stereocenters. The minimum Gasteiger partial charge on any atom is -0.305 e. The fourth-order valence-corrected chi connectivity index (χ4v) is 1.71. The standard InChI is InChI=1S/C13H16N4O/c1-3-8-17-12(9-10(2)16-17)15-13(18)11-6-4-5-7-14-11/h4-7,9H,3,8H2,1-2H3,(H,15,18). The molecule has 2 aromatic heterocycles. The van der Waals surface area contributed by atoms with Gasteiger partial charge in [0.15, 0.2) is 0 Å². The zero-order valence-corrected chi connectivity index (χ0v) is 10.6. The second-order valence-corrected chi connectivity index (χ2v) is 4.06. The van der Waals surface area contributed by atoms with E-state index in [-0.39, 0.29) is 5.91 Å². The lowest BCUT2D eigenvalue weighted by Crippen LogP contribution is -2.16. The van der Waals surface area contributed by atoms with E-state index in [1.165, 1.54) is 0 Å². The van der Waals surface area contributed by atoms with Gasteiger partial charge in [-0.15, -0.1) is 0 Å². The summed E-state index contributed by atoms with van der Waals surface area (Å²) in [5.41, 5.74) is 1.29. The van der Waals surface area contributed by atoms with Crippen LogP contribution < -0.4 is 5.32 Å². The maximum absolute atomic E-state index is 12.0. The Labute approximate surface area is 106 Å². The molecule has 5 heteroatoms. The Morgan fingerprint density at radius 2 is 2.28 bits per heavy atom. The van der Waals surface area contributed by atoms with Crippen LogP contribution in [0.3, 0.4) is 0 Å². The van der Waals surface area contributed by atoms with Crippen molar-refractivity contribution in [3.8, 4) is 0 Å². The van der Waals surface area contributed by atoms with Crippen LogP contribution in [0.5, 0.6) is 0 Å². The van der Waals surface area contributed by atoms with E-state index in [1.54, 1.807) is 29.1 Å². The molecule has 18 heavy (non-hydrogen) atoms. The highest BCUT2D eigenvalue weighted by molar-refractivity contribution is 6.02. The van der Waals surface area contributed by atoms with Gasteiger partial charge in [0.2, 0.25) is 0 Å². The Balaban J connectivity index is 2.16. The molecule has 5 nitrogen and oxygen atoms in total. The molecule has 0 saturated carbocycles. The monoisotopic (exact) mass is 244 g/mol. The number of hydrogen-bond acceptors (Lipinski definition) is 3. The Morgan fingerprint density at radius 3 is 2.94 bits per heavy atom. The van der Waals surface area contributed by atoms with Crippen LogP contribution in [0.1, 0.15) is 29.5 Å². The Morgan fingerprint density at radius 1 is 1.44 bits per heavy atom. The molecule has 0 bridgehead atoms. The number of hydrogen-bond donors (Lipinski definition) is 1. The van der Waals surface area contributed by atoms with Gasteiger partial charge < -0.3 is 5.32 Å². The first kappa shape index (κ1) is 12.3.